The zero-order valence-electron chi connectivity index (χ0n) is 9.87. The van der Waals surface area contributed by atoms with Crippen molar-refractivity contribution >= 4 is 26.6 Å². The van der Waals surface area contributed by atoms with Crippen molar-refractivity contribution < 1.29 is 23.2 Å². The molecule has 0 saturated carbocycles. The number of nitrogens with one attached hydrogen (secondary N) is 1. The molecular weight excluding hydrogens is 270 g/mol. The number of hydrogen-bond acceptors (Lipinski definition) is 5. The molecule has 2 rings (SSSR count). The molecule has 2 aromatic carbocycles. The number of fused-ring (bicyclic) bond motifs is 1. The van der Waals surface area contributed by atoms with Crippen molar-refractivity contribution in [2.75, 3.05) is 18.5 Å². The number of aromatic hydroxyl groups is 1. The summed E-state index contributed by atoms with van der Waals surface area (Å²) in [6, 6.07) is 7.22. The van der Waals surface area contributed by atoms with Crippen LogP contribution in [0.3, 0.4) is 0 Å². The lowest BCUT2D eigenvalue weighted by Gasteiger charge is -2.08. The van der Waals surface area contributed by atoms with Gasteiger partial charge in [-0.1, -0.05) is 0 Å². The fourth-order valence-electron chi connectivity index (χ4n) is 1.78. The second-order valence-electron chi connectivity index (χ2n) is 4.00. The Morgan fingerprint density at radius 1 is 1.16 bits per heavy atom. The Hall–Kier alpha value is -1.83. The lowest BCUT2D eigenvalue weighted by Crippen LogP contribution is -2.05. The number of phenolic OH excluding ortho intramolecular Hbond substituents is 1. The van der Waals surface area contributed by atoms with E-state index in [0.29, 0.717) is 23.0 Å². The van der Waals surface area contributed by atoms with Crippen LogP contribution in [0.25, 0.3) is 10.8 Å². The Labute approximate surface area is 110 Å². The molecule has 0 aromatic heterocycles. The Bertz CT molecular complexity index is 711. The number of anilines is 1. The number of benzene rings is 2. The summed E-state index contributed by atoms with van der Waals surface area (Å²) >= 11 is 0. The first kappa shape index (κ1) is 13.6. The first-order valence-electron chi connectivity index (χ1n) is 5.51. The molecule has 19 heavy (non-hydrogen) atoms. The van der Waals surface area contributed by atoms with E-state index in [1.165, 1.54) is 6.07 Å². The van der Waals surface area contributed by atoms with Crippen LogP contribution < -0.4 is 5.32 Å². The van der Waals surface area contributed by atoms with Crippen molar-refractivity contribution in [2.45, 2.75) is 4.90 Å². The lowest BCUT2D eigenvalue weighted by molar-refractivity contribution is 0.311. The highest BCUT2D eigenvalue weighted by atomic mass is 32.2. The van der Waals surface area contributed by atoms with Gasteiger partial charge in [0.2, 0.25) is 0 Å². The minimum absolute atomic E-state index is 0.0334. The van der Waals surface area contributed by atoms with E-state index in [2.05, 4.69) is 5.32 Å². The molecule has 0 heterocycles. The molecule has 0 aliphatic rings. The highest BCUT2D eigenvalue weighted by Gasteiger charge is 2.13. The van der Waals surface area contributed by atoms with Crippen LogP contribution in [0.1, 0.15) is 0 Å². The van der Waals surface area contributed by atoms with E-state index in [1.54, 1.807) is 18.2 Å². The van der Waals surface area contributed by atoms with Gasteiger partial charge >= 0.3 is 0 Å². The van der Waals surface area contributed by atoms with Gasteiger partial charge in [-0.05, 0) is 29.7 Å². The highest BCUT2D eigenvalue weighted by Crippen LogP contribution is 2.30. The monoisotopic (exact) mass is 283 g/mol. The molecule has 2 aromatic rings. The fourth-order valence-corrected chi connectivity index (χ4v) is 2.32. The Kier molecular flexibility index (Phi) is 3.61. The molecule has 0 amide bonds. The molecule has 0 bridgehead atoms. The molecule has 6 nitrogen and oxygen atoms in total. The zero-order chi connectivity index (χ0) is 14.0. The smallest absolute Gasteiger partial charge is 0.294 e. The topological polar surface area (TPSA) is 107 Å². The van der Waals surface area contributed by atoms with Gasteiger partial charge in [0.05, 0.1) is 11.5 Å². The average Bonchev–Trinajstić information content (AvgIpc) is 2.34. The summed E-state index contributed by atoms with van der Waals surface area (Å²) in [6.07, 6.45) is 0. The van der Waals surface area contributed by atoms with Crippen LogP contribution in [0.15, 0.2) is 35.2 Å². The molecule has 4 N–H and O–H groups in total. The third-order valence-corrected chi connectivity index (χ3v) is 3.47. The van der Waals surface area contributed by atoms with Crippen molar-refractivity contribution in [1.29, 1.82) is 0 Å². The van der Waals surface area contributed by atoms with Gasteiger partial charge in [0, 0.05) is 23.7 Å². The van der Waals surface area contributed by atoms with Gasteiger partial charge < -0.3 is 15.5 Å². The van der Waals surface area contributed by atoms with E-state index in [0.717, 1.165) is 6.07 Å². The summed E-state index contributed by atoms with van der Waals surface area (Å²) in [6.45, 7) is 0.323. The minimum Gasteiger partial charge on any atom is -0.507 e. The van der Waals surface area contributed by atoms with E-state index >= 15 is 0 Å². The van der Waals surface area contributed by atoms with Crippen LogP contribution in [-0.2, 0) is 10.1 Å². The van der Waals surface area contributed by atoms with Gasteiger partial charge in [-0.2, -0.15) is 8.42 Å². The number of phenols is 1. The van der Waals surface area contributed by atoms with E-state index < -0.39 is 10.1 Å². The van der Waals surface area contributed by atoms with Crippen LogP contribution in [0.5, 0.6) is 5.75 Å². The SMILES string of the molecule is O=S(=O)(O)c1cc(O)c2ccc(NCCO)cc2c1. The average molecular weight is 283 g/mol. The Morgan fingerprint density at radius 2 is 1.89 bits per heavy atom. The molecule has 0 saturated heterocycles. The zero-order valence-corrected chi connectivity index (χ0v) is 10.7. The van der Waals surface area contributed by atoms with Crippen LogP contribution in [0.2, 0.25) is 0 Å². The number of aliphatic hydroxyl groups is 1. The van der Waals surface area contributed by atoms with Crippen molar-refractivity contribution in [1.82, 2.24) is 0 Å². The standard InChI is InChI=1S/C12H13NO5S/c14-4-3-13-9-1-2-11-8(5-9)6-10(7-12(11)15)19(16,17)18/h1-2,5-7,13-15H,3-4H2,(H,16,17,18). The summed E-state index contributed by atoms with van der Waals surface area (Å²) in [5.74, 6) is -0.223. The summed E-state index contributed by atoms with van der Waals surface area (Å²) in [7, 11) is -4.37. The number of aliphatic hydroxyl groups excluding tert-OH is 1. The van der Waals surface area contributed by atoms with Crippen molar-refractivity contribution in [3.8, 4) is 5.75 Å². The normalized spacial score (nSPS) is 11.7. The summed E-state index contributed by atoms with van der Waals surface area (Å²) in [5.41, 5.74) is 0.674. The maximum Gasteiger partial charge on any atom is 0.294 e. The molecule has 0 unspecified atom stereocenters. The summed E-state index contributed by atoms with van der Waals surface area (Å²) in [5, 5.41) is 22.3. The molecule has 7 heteroatoms. The summed E-state index contributed by atoms with van der Waals surface area (Å²) in [4.78, 5) is -0.364. The lowest BCUT2D eigenvalue weighted by atomic mass is 10.1. The quantitative estimate of drug-likeness (QED) is 0.628. The van der Waals surface area contributed by atoms with E-state index in [9.17, 15) is 13.5 Å². The second-order valence-corrected chi connectivity index (χ2v) is 5.43. The first-order valence-corrected chi connectivity index (χ1v) is 6.95. The van der Waals surface area contributed by atoms with Crippen LogP contribution in [-0.4, -0.2) is 36.3 Å². The third-order valence-electron chi connectivity index (χ3n) is 2.64. The van der Waals surface area contributed by atoms with Crippen LogP contribution in [0, 0.1) is 0 Å². The maximum atomic E-state index is 11.1. The largest absolute Gasteiger partial charge is 0.507 e. The minimum atomic E-state index is -4.37. The van der Waals surface area contributed by atoms with Gasteiger partial charge in [-0.25, -0.2) is 0 Å². The second kappa shape index (κ2) is 5.04. The Morgan fingerprint density at radius 3 is 2.53 bits per heavy atom. The first-order chi connectivity index (χ1) is 8.91. The predicted octanol–water partition coefficient (Wildman–Crippen LogP) is 1.20. The van der Waals surface area contributed by atoms with Crippen molar-refractivity contribution in [3.05, 3.63) is 30.3 Å². The van der Waals surface area contributed by atoms with Gasteiger partial charge in [0.15, 0.2) is 0 Å². The summed E-state index contributed by atoms with van der Waals surface area (Å²) < 4.78 is 31.2. The van der Waals surface area contributed by atoms with Gasteiger partial charge in [0.25, 0.3) is 10.1 Å². The van der Waals surface area contributed by atoms with E-state index in [4.69, 9.17) is 9.66 Å². The van der Waals surface area contributed by atoms with E-state index in [-0.39, 0.29) is 17.3 Å². The van der Waals surface area contributed by atoms with Crippen LogP contribution in [0.4, 0.5) is 5.69 Å². The molecule has 0 aliphatic heterocycles. The van der Waals surface area contributed by atoms with Gasteiger partial charge in [-0.15, -0.1) is 0 Å². The van der Waals surface area contributed by atoms with Gasteiger partial charge in [0.1, 0.15) is 5.75 Å². The van der Waals surface area contributed by atoms with Crippen molar-refractivity contribution in [3.63, 3.8) is 0 Å². The molecule has 0 fully saturated rings. The molecule has 102 valence electrons. The molecule has 0 aliphatic carbocycles. The predicted molar refractivity (Wildman–Crippen MR) is 71.0 cm³/mol. The number of rotatable bonds is 4. The fraction of sp³-hybridized carbons (Fsp3) is 0.167. The van der Waals surface area contributed by atoms with Gasteiger partial charge in [-0.3, -0.25) is 4.55 Å². The molecule has 0 atom stereocenters. The highest BCUT2D eigenvalue weighted by molar-refractivity contribution is 7.85. The Balaban J connectivity index is 2.57. The third kappa shape index (κ3) is 2.95. The van der Waals surface area contributed by atoms with Crippen LogP contribution >= 0.6 is 0 Å². The molecule has 0 spiro atoms. The number of hydrogen-bond donors (Lipinski definition) is 4. The molecular formula is C12H13NO5S. The maximum absolute atomic E-state index is 11.1. The van der Waals surface area contributed by atoms with Crippen molar-refractivity contribution in [2.24, 2.45) is 0 Å². The molecule has 0 radical (unpaired) electrons. The van der Waals surface area contributed by atoms with E-state index in [1.807, 2.05) is 0 Å².